The normalized spacial score (nSPS) is 12.5. The van der Waals surface area contributed by atoms with Crippen LogP contribution in [0, 0.1) is 0 Å². The summed E-state index contributed by atoms with van der Waals surface area (Å²) in [5.74, 6) is -0.204. The Bertz CT molecular complexity index is 614. The van der Waals surface area contributed by atoms with Crippen molar-refractivity contribution < 1.29 is 19.4 Å². The summed E-state index contributed by atoms with van der Waals surface area (Å²) in [5.41, 5.74) is 0. The van der Waals surface area contributed by atoms with Gasteiger partial charge in [-0.1, -0.05) is 154 Å². The zero-order chi connectivity index (χ0) is 32.0. The van der Waals surface area contributed by atoms with E-state index < -0.39 is 6.10 Å². The second kappa shape index (κ2) is 38.1. The lowest BCUT2D eigenvalue weighted by Crippen LogP contribution is -2.27. The van der Waals surface area contributed by atoms with Gasteiger partial charge < -0.3 is 14.6 Å². The number of unbranched alkanes of at least 4 members (excludes halogenated alkanes) is 24. The number of carbonyl (C=O) groups excluding carboxylic acids is 1. The molecule has 4 heteroatoms. The molecular formula is C40H76O4. The smallest absolute Gasteiger partial charge is 0.306 e. The van der Waals surface area contributed by atoms with E-state index in [2.05, 4.69) is 38.2 Å². The quantitative estimate of drug-likeness (QED) is 0.0430. The SMILES string of the molecule is CCCCC/C=C\CCCCCCCCOCC(CO)OC(=O)CCCCCCCCCCC/C=C\CCCCCCCC. The van der Waals surface area contributed by atoms with Crippen LogP contribution in [0.4, 0.5) is 0 Å². The number of hydrogen-bond donors (Lipinski definition) is 1. The molecule has 0 fully saturated rings. The van der Waals surface area contributed by atoms with Crippen LogP contribution in [-0.2, 0) is 14.3 Å². The molecule has 0 amide bonds. The molecule has 0 aromatic carbocycles. The molecule has 0 bridgehead atoms. The van der Waals surface area contributed by atoms with E-state index in [-0.39, 0.29) is 12.6 Å². The van der Waals surface area contributed by atoms with Crippen molar-refractivity contribution in [3.63, 3.8) is 0 Å². The van der Waals surface area contributed by atoms with Gasteiger partial charge in [0.2, 0.25) is 0 Å². The summed E-state index contributed by atoms with van der Waals surface area (Å²) in [5, 5.41) is 9.56. The Balaban J connectivity index is 3.42. The van der Waals surface area contributed by atoms with Gasteiger partial charge in [0.1, 0.15) is 6.10 Å². The van der Waals surface area contributed by atoms with Crippen molar-refractivity contribution in [1.82, 2.24) is 0 Å². The number of aliphatic hydroxyl groups excluding tert-OH is 1. The van der Waals surface area contributed by atoms with Crippen LogP contribution in [0.15, 0.2) is 24.3 Å². The largest absolute Gasteiger partial charge is 0.457 e. The molecule has 0 rings (SSSR count). The van der Waals surface area contributed by atoms with Gasteiger partial charge in [-0.05, 0) is 64.2 Å². The second-order valence-corrected chi connectivity index (χ2v) is 13.0. The molecule has 0 aliphatic heterocycles. The van der Waals surface area contributed by atoms with Gasteiger partial charge in [0.15, 0.2) is 0 Å². The molecule has 1 unspecified atom stereocenters. The van der Waals surface area contributed by atoms with Crippen molar-refractivity contribution in [2.75, 3.05) is 19.8 Å². The number of ether oxygens (including phenoxy) is 2. The molecule has 0 aliphatic carbocycles. The highest BCUT2D eigenvalue weighted by Gasteiger charge is 2.13. The van der Waals surface area contributed by atoms with E-state index in [9.17, 15) is 9.90 Å². The summed E-state index contributed by atoms with van der Waals surface area (Å²) in [4.78, 5) is 12.2. The van der Waals surface area contributed by atoms with Crippen LogP contribution in [0.3, 0.4) is 0 Å². The Kier molecular flexibility index (Phi) is 37.1. The maximum absolute atomic E-state index is 12.2. The maximum atomic E-state index is 12.2. The summed E-state index contributed by atoms with van der Waals surface area (Å²) < 4.78 is 11.1. The number of allylic oxidation sites excluding steroid dienone is 4. The van der Waals surface area contributed by atoms with Gasteiger partial charge in [-0.3, -0.25) is 4.79 Å². The van der Waals surface area contributed by atoms with Crippen LogP contribution in [-0.4, -0.2) is 37.0 Å². The minimum absolute atomic E-state index is 0.172. The Morgan fingerprint density at radius 2 is 0.886 bits per heavy atom. The number of hydrogen-bond acceptors (Lipinski definition) is 4. The molecule has 0 radical (unpaired) electrons. The highest BCUT2D eigenvalue weighted by atomic mass is 16.6. The summed E-state index contributed by atoms with van der Waals surface area (Å²) >= 11 is 0. The standard InChI is InChI=1S/C40H76O4/c1-3-5-7-9-11-13-15-17-18-19-20-21-22-23-25-27-29-31-33-35-40(42)44-39(37-41)38-43-36-34-32-30-28-26-24-16-14-12-10-8-6-4-2/h12,14,17-18,39,41H,3-11,13,15-16,19-38H2,1-2H3/b14-12-,18-17-. The van der Waals surface area contributed by atoms with Gasteiger partial charge in [0.05, 0.1) is 13.2 Å². The zero-order valence-corrected chi connectivity index (χ0v) is 29.7. The first-order chi connectivity index (χ1) is 21.7. The predicted octanol–water partition coefficient (Wildman–Crippen LogP) is 12.4. The lowest BCUT2D eigenvalue weighted by molar-refractivity contribution is -0.154. The van der Waals surface area contributed by atoms with Gasteiger partial charge in [-0.15, -0.1) is 0 Å². The van der Waals surface area contributed by atoms with Gasteiger partial charge >= 0.3 is 5.97 Å². The molecule has 0 aromatic heterocycles. The van der Waals surface area contributed by atoms with Crippen molar-refractivity contribution >= 4 is 5.97 Å². The highest BCUT2D eigenvalue weighted by molar-refractivity contribution is 5.69. The number of rotatable bonds is 36. The van der Waals surface area contributed by atoms with Crippen molar-refractivity contribution in [3.05, 3.63) is 24.3 Å². The third kappa shape index (κ3) is 35.4. The van der Waals surface area contributed by atoms with E-state index in [1.54, 1.807) is 0 Å². The van der Waals surface area contributed by atoms with E-state index in [0.29, 0.717) is 19.6 Å². The van der Waals surface area contributed by atoms with Gasteiger partial charge in [0, 0.05) is 13.0 Å². The number of esters is 1. The third-order valence-electron chi connectivity index (χ3n) is 8.50. The molecule has 44 heavy (non-hydrogen) atoms. The topological polar surface area (TPSA) is 55.8 Å². The Morgan fingerprint density at radius 1 is 0.523 bits per heavy atom. The van der Waals surface area contributed by atoms with E-state index in [0.717, 1.165) is 19.3 Å². The summed E-state index contributed by atoms with van der Waals surface area (Å²) in [6.45, 7) is 5.32. The molecular weight excluding hydrogens is 544 g/mol. The second-order valence-electron chi connectivity index (χ2n) is 13.0. The fourth-order valence-electron chi connectivity index (χ4n) is 5.55. The van der Waals surface area contributed by atoms with Crippen LogP contribution in [0.2, 0.25) is 0 Å². The van der Waals surface area contributed by atoms with Crippen molar-refractivity contribution in [2.24, 2.45) is 0 Å². The van der Waals surface area contributed by atoms with Crippen LogP contribution in [0.5, 0.6) is 0 Å². The maximum Gasteiger partial charge on any atom is 0.306 e. The lowest BCUT2D eigenvalue weighted by Gasteiger charge is -2.15. The van der Waals surface area contributed by atoms with Crippen LogP contribution < -0.4 is 0 Å². The predicted molar refractivity (Wildman–Crippen MR) is 191 cm³/mol. The van der Waals surface area contributed by atoms with Crippen molar-refractivity contribution in [2.45, 2.75) is 206 Å². The molecule has 260 valence electrons. The van der Waals surface area contributed by atoms with Crippen LogP contribution in [0.25, 0.3) is 0 Å². The van der Waals surface area contributed by atoms with Crippen molar-refractivity contribution in [3.8, 4) is 0 Å². The first kappa shape index (κ1) is 42.9. The lowest BCUT2D eigenvalue weighted by atomic mass is 10.1. The summed E-state index contributed by atoms with van der Waals surface area (Å²) in [7, 11) is 0. The van der Waals surface area contributed by atoms with Gasteiger partial charge in [-0.2, -0.15) is 0 Å². The summed E-state index contributed by atoms with van der Waals surface area (Å²) in [6.07, 6.45) is 45.1. The van der Waals surface area contributed by atoms with E-state index in [1.165, 1.54) is 161 Å². The van der Waals surface area contributed by atoms with Crippen molar-refractivity contribution in [1.29, 1.82) is 0 Å². The minimum atomic E-state index is -0.534. The molecule has 0 spiro atoms. The molecule has 0 heterocycles. The zero-order valence-electron chi connectivity index (χ0n) is 29.7. The van der Waals surface area contributed by atoms with Crippen LogP contribution >= 0.6 is 0 Å². The monoisotopic (exact) mass is 621 g/mol. The van der Waals surface area contributed by atoms with Gasteiger partial charge in [0.25, 0.3) is 0 Å². The van der Waals surface area contributed by atoms with E-state index >= 15 is 0 Å². The van der Waals surface area contributed by atoms with Crippen LogP contribution in [0.1, 0.15) is 200 Å². The van der Waals surface area contributed by atoms with E-state index in [1.807, 2.05) is 0 Å². The highest BCUT2D eigenvalue weighted by Crippen LogP contribution is 2.13. The Labute approximate surface area is 275 Å². The first-order valence-corrected chi connectivity index (χ1v) is 19.4. The molecule has 0 aliphatic rings. The molecule has 4 nitrogen and oxygen atoms in total. The average molecular weight is 621 g/mol. The third-order valence-corrected chi connectivity index (χ3v) is 8.50. The summed E-state index contributed by atoms with van der Waals surface area (Å²) in [6, 6.07) is 0. The molecule has 1 atom stereocenters. The fraction of sp³-hybridized carbons (Fsp3) is 0.875. The van der Waals surface area contributed by atoms with Gasteiger partial charge in [-0.25, -0.2) is 0 Å². The number of carbonyl (C=O) groups is 1. The minimum Gasteiger partial charge on any atom is -0.457 e. The molecule has 1 N–H and O–H groups in total. The molecule has 0 saturated heterocycles. The van der Waals surface area contributed by atoms with E-state index in [4.69, 9.17) is 9.47 Å². The fourth-order valence-corrected chi connectivity index (χ4v) is 5.55. The first-order valence-electron chi connectivity index (χ1n) is 19.4. The Morgan fingerprint density at radius 3 is 1.34 bits per heavy atom. The Hall–Kier alpha value is -1.13. The molecule has 0 saturated carbocycles. The molecule has 0 aromatic rings. The number of aliphatic hydroxyl groups is 1. The average Bonchev–Trinajstić information content (AvgIpc) is 3.03.